The van der Waals surface area contributed by atoms with Crippen molar-refractivity contribution in [2.24, 2.45) is 16.5 Å². The van der Waals surface area contributed by atoms with E-state index < -0.39 is 0 Å². The topological polar surface area (TPSA) is 144 Å². The minimum Gasteiger partial charge on any atom is -0.370 e. The SMILES string of the molecule is NC(N)=Nc1nc(CSCCNC2=C([N+](=O)[O-])CCCN2)cs1. The van der Waals surface area contributed by atoms with Crippen LogP contribution in [-0.4, -0.2) is 34.7 Å². The third-order valence-corrected chi connectivity index (χ3v) is 4.74. The van der Waals surface area contributed by atoms with E-state index in [9.17, 15) is 10.1 Å². The van der Waals surface area contributed by atoms with E-state index in [0.29, 0.717) is 23.9 Å². The van der Waals surface area contributed by atoms with Crippen molar-refractivity contribution in [3.05, 3.63) is 32.7 Å². The Kier molecular flexibility index (Phi) is 6.47. The van der Waals surface area contributed by atoms with Crippen LogP contribution in [0.4, 0.5) is 5.13 Å². The number of nitrogens with zero attached hydrogens (tertiary/aromatic N) is 3. The minimum absolute atomic E-state index is 0.00222. The molecule has 11 heteroatoms. The lowest BCUT2D eigenvalue weighted by atomic mass is 10.2. The Morgan fingerprint density at radius 1 is 1.61 bits per heavy atom. The van der Waals surface area contributed by atoms with Crippen molar-refractivity contribution in [2.75, 3.05) is 18.8 Å². The first-order valence-corrected chi connectivity index (χ1v) is 9.06. The van der Waals surface area contributed by atoms with Gasteiger partial charge >= 0.3 is 0 Å². The molecule has 1 aromatic heterocycles. The molecule has 0 unspecified atom stereocenters. The number of thioether (sulfide) groups is 1. The lowest BCUT2D eigenvalue weighted by Gasteiger charge is -2.17. The number of hydrogen-bond acceptors (Lipinski definition) is 8. The monoisotopic (exact) mass is 357 g/mol. The van der Waals surface area contributed by atoms with Gasteiger partial charge in [0.25, 0.3) is 5.70 Å². The fourth-order valence-electron chi connectivity index (χ4n) is 1.99. The highest BCUT2D eigenvalue weighted by molar-refractivity contribution is 7.98. The number of hydrogen-bond donors (Lipinski definition) is 4. The molecule has 126 valence electrons. The first-order chi connectivity index (χ1) is 11.1. The van der Waals surface area contributed by atoms with Crippen molar-refractivity contribution < 1.29 is 4.92 Å². The molecular formula is C12H19N7O2S2. The number of nitro groups is 1. The average molecular weight is 357 g/mol. The van der Waals surface area contributed by atoms with Gasteiger partial charge in [-0.25, -0.2) is 4.98 Å². The normalized spacial score (nSPS) is 14.3. The summed E-state index contributed by atoms with van der Waals surface area (Å²) in [6, 6.07) is 0. The van der Waals surface area contributed by atoms with E-state index in [4.69, 9.17) is 11.5 Å². The van der Waals surface area contributed by atoms with Gasteiger partial charge in [-0.15, -0.1) is 11.3 Å². The number of guanidine groups is 1. The van der Waals surface area contributed by atoms with Crippen LogP contribution in [0, 0.1) is 10.1 Å². The molecule has 1 aliphatic rings. The summed E-state index contributed by atoms with van der Waals surface area (Å²) < 4.78 is 0. The van der Waals surface area contributed by atoms with Gasteiger partial charge in [0.05, 0.1) is 10.6 Å². The summed E-state index contributed by atoms with van der Waals surface area (Å²) in [5, 5.41) is 19.6. The molecule has 2 rings (SSSR count). The van der Waals surface area contributed by atoms with Crippen molar-refractivity contribution in [3.63, 3.8) is 0 Å². The highest BCUT2D eigenvalue weighted by atomic mass is 32.2. The molecule has 1 aromatic rings. The second-order valence-corrected chi connectivity index (χ2v) is 6.69. The van der Waals surface area contributed by atoms with Crippen molar-refractivity contribution in [2.45, 2.75) is 18.6 Å². The zero-order chi connectivity index (χ0) is 16.7. The van der Waals surface area contributed by atoms with Crippen LogP contribution in [0.5, 0.6) is 0 Å². The number of rotatable bonds is 8. The lowest BCUT2D eigenvalue weighted by molar-refractivity contribution is -0.430. The highest BCUT2D eigenvalue weighted by Crippen LogP contribution is 2.21. The average Bonchev–Trinajstić information content (AvgIpc) is 2.93. The van der Waals surface area contributed by atoms with Gasteiger partial charge in [0.1, 0.15) is 0 Å². The molecule has 6 N–H and O–H groups in total. The Labute approximate surface area is 141 Å². The number of allylic oxidation sites excluding steroid dienone is 1. The molecule has 0 aromatic carbocycles. The highest BCUT2D eigenvalue weighted by Gasteiger charge is 2.21. The Morgan fingerprint density at radius 2 is 2.43 bits per heavy atom. The molecule has 23 heavy (non-hydrogen) atoms. The summed E-state index contributed by atoms with van der Waals surface area (Å²) in [5.74, 6) is 2.10. The summed E-state index contributed by atoms with van der Waals surface area (Å²) in [4.78, 5) is 18.8. The number of nitrogens with one attached hydrogen (secondary N) is 2. The fourth-order valence-corrected chi connectivity index (χ4v) is 3.55. The number of aromatic nitrogens is 1. The molecule has 0 fully saturated rings. The summed E-state index contributed by atoms with van der Waals surface area (Å²) >= 11 is 3.08. The van der Waals surface area contributed by atoms with Crippen LogP contribution in [-0.2, 0) is 5.75 Å². The van der Waals surface area contributed by atoms with Crippen LogP contribution >= 0.6 is 23.1 Å². The molecule has 1 aliphatic heterocycles. The summed E-state index contributed by atoms with van der Waals surface area (Å²) in [7, 11) is 0. The molecule has 0 radical (unpaired) electrons. The molecule has 2 heterocycles. The van der Waals surface area contributed by atoms with Crippen LogP contribution in [0.3, 0.4) is 0 Å². The van der Waals surface area contributed by atoms with E-state index in [1.165, 1.54) is 11.3 Å². The first-order valence-electron chi connectivity index (χ1n) is 7.03. The van der Waals surface area contributed by atoms with Gasteiger partial charge in [0.2, 0.25) is 5.13 Å². The van der Waals surface area contributed by atoms with Crippen molar-refractivity contribution in [3.8, 4) is 0 Å². The van der Waals surface area contributed by atoms with E-state index in [-0.39, 0.29) is 16.6 Å². The molecular weight excluding hydrogens is 338 g/mol. The van der Waals surface area contributed by atoms with E-state index >= 15 is 0 Å². The Balaban J connectivity index is 1.72. The Hall–Kier alpha value is -2.01. The molecule has 0 amide bonds. The van der Waals surface area contributed by atoms with Crippen molar-refractivity contribution in [1.82, 2.24) is 15.6 Å². The van der Waals surface area contributed by atoms with Gasteiger partial charge < -0.3 is 22.1 Å². The predicted octanol–water partition coefficient (Wildman–Crippen LogP) is 0.700. The maximum Gasteiger partial charge on any atom is 0.285 e. The summed E-state index contributed by atoms with van der Waals surface area (Å²) in [5.41, 5.74) is 11.8. The maximum atomic E-state index is 10.9. The predicted molar refractivity (Wildman–Crippen MR) is 93.0 cm³/mol. The second-order valence-electron chi connectivity index (χ2n) is 4.75. The smallest absolute Gasteiger partial charge is 0.285 e. The largest absolute Gasteiger partial charge is 0.370 e. The molecule has 0 saturated carbocycles. The van der Waals surface area contributed by atoms with E-state index in [1.54, 1.807) is 11.8 Å². The summed E-state index contributed by atoms with van der Waals surface area (Å²) in [6.45, 7) is 1.41. The van der Waals surface area contributed by atoms with Gasteiger partial charge in [0.15, 0.2) is 11.8 Å². The molecule has 0 aliphatic carbocycles. The number of aliphatic imine (C=N–C) groups is 1. The van der Waals surface area contributed by atoms with Gasteiger partial charge in [-0.2, -0.15) is 16.8 Å². The van der Waals surface area contributed by atoms with E-state index in [2.05, 4.69) is 20.6 Å². The zero-order valence-electron chi connectivity index (χ0n) is 12.4. The van der Waals surface area contributed by atoms with Crippen molar-refractivity contribution >= 4 is 34.2 Å². The molecule has 0 saturated heterocycles. The van der Waals surface area contributed by atoms with E-state index in [1.807, 2.05) is 5.38 Å². The van der Waals surface area contributed by atoms with Gasteiger partial charge in [-0.3, -0.25) is 10.1 Å². The van der Waals surface area contributed by atoms with Crippen LogP contribution in [0.2, 0.25) is 0 Å². The molecule has 0 atom stereocenters. The van der Waals surface area contributed by atoms with Gasteiger partial charge in [0, 0.05) is 36.4 Å². The van der Waals surface area contributed by atoms with E-state index in [0.717, 1.165) is 30.2 Å². The maximum absolute atomic E-state index is 10.9. The van der Waals surface area contributed by atoms with Gasteiger partial charge in [-0.05, 0) is 6.42 Å². The zero-order valence-corrected chi connectivity index (χ0v) is 14.1. The standard InChI is InChI=1S/C12H19N7O2S2/c13-11(14)18-12-17-8(7-23-12)6-22-5-4-16-10-9(19(20)21)2-1-3-15-10/h7,15-16H,1-6H2,(H4,13,14,17,18). The van der Waals surface area contributed by atoms with Crippen molar-refractivity contribution in [1.29, 1.82) is 0 Å². The first kappa shape index (κ1) is 17.3. The van der Waals surface area contributed by atoms with Crippen LogP contribution in [0.1, 0.15) is 18.5 Å². The number of thiazole rings is 1. The van der Waals surface area contributed by atoms with Crippen LogP contribution < -0.4 is 22.1 Å². The van der Waals surface area contributed by atoms with Crippen LogP contribution in [0.15, 0.2) is 21.9 Å². The van der Waals surface area contributed by atoms with Crippen LogP contribution in [0.25, 0.3) is 0 Å². The summed E-state index contributed by atoms with van der Waals surface area (Å²) in [6.07, 6.45) is 1.29. The number of nitrogens with two attached hydrogens (primary N) is 2. The van der Waals surface area contributed by atoms with Gasteiger partial charge in [-0.1, -0.05) is 0 Å². The Morgan fingerprint density at radius 3 is 3.17 bits per heavy atom. The third kappa shape index (κ3) is 5.60. The fraction of sp³-hybridized carbons (Fsp3) is 0.500. The molecule has 0 spiro atoms. The quantitative estimate of drug-likeness (QED) is 0.175. The second kappa shape index (κ2) is 8.58. The lowest BCUT2D eigenvalue weighted by Crippen LogP contribution is -2.34. The third-order valence-electron chi connectivity index (χ3n) is 2.96. The minimum atomic E-state index is -0.317. The Bertz CT molecular complexity index is 610. The molecule has 9 nitrogen and oxygen atoms in total. The molecule has 0 bridgehead atoms.